The highest BCUT2D eigenvalue weighted by Crippen LogP contribution is 2.30. The molecule has 2 aromatic heterocycles. The van der Waals surface area contributed by atoms with Gasteiger partial charge in [0.2, 0.25) is 0 Å². The Labute approximate surface area is 198 Å². The van der Waals surface area contributed by atoms with Gasteiger partial charge in [0, 0.05) is 11.1 Å². The topological polar surface area (TPSA) is 88.9 Å². The second-order valence-corrected chi connectivity index (χ2v) is 8.87. The minimum absolute atomic E-state index is 0.0914. The van der Waals surface area contributed by atoms with Crippen LogP contribution < -0.4 is 10.3 Å². The fourth-order valence-electron chi connectivity index (χ4n) is 4.80. The van der Waals surface area contributed by atoms with Gasteiger partial charge in [-0.3, -0.25) is 9.69 Å². The maximum absolute atomic E-state index is 13.3. The van der Waals surface area contributed by atoms with E-state index < -0.39 is 0 Å². The summed E-state index contributed by atoms with van der Waals surface area (Å²) in [6.07, 6.45) is 4.35. The van der Waals surface area contributed by atoms with Gasteiger partial charge in [0.15, 0.2) is 5.82 Å². The van der Waals surface area contributed by atoms with Gasteiger partial charge in [-0.2, -0.15) is 0 Å². The fourth-order valence-corrected chi connectivity index (χ4v) is 4.80. The lowest BCUT2D eigenvalue weighted by Crippen LogP contribution is -2.38. The summed E-state index contributed by atoms with van der Waals surface area (Å²) < 4.78 is 7.09. The van der Waals surface area contributed by atoms with E-state index in [1.165, 1.54) is 12.0 Å². The van der Waals surface area contributed by atoms with E-state index in [1.807, 2.05) is 41.1 Å². The summed E-state index contributed by atoms with van der Waals surface area (Å²) in [5.74, 6) is 1.50. The zero-order chi connectivity index (χ0) is 23.5. The summed E-state index contributed by atoms with van der Waals surface area (Å²) in [6, 6.07) is 15.8. The van der Waals surface area contributed by atoms with Crippen molar-refractivity contribution in [1.29, 1.82) is 0 Å². The number of piperidine rings is 1. The number of methoxy groups -OCH3 is 1. The first kappa shape index (κ1) is 22.3. The number of tetrazole rings is 1. The van der Waals surface area contributed by atoms with Gasteiger partial charge in [-0.15, -0.1) is 5.10 Å². The largest absolute Gasteiger partial charge is 0.497 e. The number of nitrogens with one attached hydrogen (secondary N) is 1. The van der Waals surface area contributed by atoms with Crippen molar-refractivity contribution >= 4 is 10.9 Å². The van der Waals surface area contributed by atoms with E-state index in [-0.39, 0.29) is 11.6 Å². The Hall–Kier alpha value is -3.52. The molecule has 3 heterocycles. The Morgan fingerprint density at radius 2 is 1.79 bits per heavy atom. The van der Waals surface area contributed by atoms with Crippen LogP contribution in [0.15, 0.2) is 53.3 Å². The van der Waals surface area contributed by atoms with Gasteiger partial charge in [0.05, 0.1) is 13.7 Å². The molecule has 0 bridgehead atoms. The minimum atomic E-state index is -0.313. The zero-order valence-corrected chi connectivity index (χ0v) is 19.7. The molecule has 1 saturated heterocycles. The van der Waals surface area contributed by atoms with Crippen molar-refractivity contribution in [1.82, 2.24) is 30.1 Å². The van der Waals surface area contributed by atoms with Gasteiger partial charge < -0.3 is 9.72 Å². The normalized spacial score (nSPS) is 15.5. The molecule has 0 spiro atoms. The number of benzene rings is 2. The molecule has 8 nitrogen and oxygen atoms in total. The number of fused-ring (bicyclic) bond motifs is 1. The molecule has 34 heavy (non-hydrogen) atoms. The van der Waals surface area contributed by atoms with Crippen molar-refractivity contribution in [3.8, 4) is 5.75 Å². The second kappa shape index (κ2) is 9.77. The Morgan fingerprint density at radius 1 is 1.03 bits per heavy atom. The second-order valence-electron chi connectivity index (χ2n) is 8.87. The van der Waals surface area contributed by atoms with Crippen LogP contribution in [0.4, 0.5) is 0 Å². The summed E-state index contributed by atoms with van der Waals surface area (Å²) in [5.41, 5.74) is 3.75. The highest BCUT2D eigenvalue weighted by molar-refractivity contribution is 5.80. The molecule has 1 fully saturated rings. The van der Waals surface area contributed by atoms with E-state index in [0.717, 1.165) is 54.6 Å². The number of aryl methyl sites for hydroxylation is 1. The Bertz CT molecular complexity index is 1320. The standard InChI is InChI=1S/C26H30N6O2/c1-3-18-9-12-23-20(15-18)16-22(26(33)27-23)24(31-13-5-4-6-14-31)25-28-29-30-32(25)17-19-7-10-21(34-2)11-8-19/h7-12,15-16,24H,3-6,13-14,17H2,1-2H3,(H,27,33)/t24-/m1/s1. The first-order valence-electron chi connectivity index (χ1n) is 11.9. The maximum atomic E-state index is 13.3. The number of ether oxygens (including phenoxy) is 1. The van der Waals surface area contributed by atoms with Crippen LogP contribution in [0.25, 0.3) is 10.9 Å². The van der Waals surface area contributed by atoms with E-state index in [2.05, 4.69) is 44.5 Å². The van der Waals surface area contributed by atoms with E-state index in [4.69, 9.17) is 4.74 Å². The fraction of sp³-hybridized carbons (Fsp3) is 0.385. The van der Waals surface area contributed by atoms with Crippen LogP contribution in [0, 0.1) is 0 Å². The van der Waals surface area contributed by atoms with Crippen LogP contribution in [-0.2, 0) is 13.0 Å². The number of hydrogen-bond donors (Lipinski definition) is 1. The van der Waals surface area contributed by atoms with E-state index >= 15 is 0 Å². The summed E-state index contributed by atoms with van der Waals surface area (Å²) >= 11 is 0. The van der Waals surface area contributed by atoms with E-state index in [9.17, 15) is 4.79 Å². The number of rotatable bonds is 7. The summed E-state index contributed by atoms with van der Waals surface area (Å²) in [7, 11) is 1.65. The third-order valence-corrected chi connectivity index (χ3v) is 6.69. The van der Waals surface area contributed by atoms with Gasteiger partial charge in [0.25, 0.3) is 5.56 Å². The number of nitrogens with zero attached hydrogens (tertiary/aromatic N) is 5. The average molecular weight is 459 g/mol. The van der Waals surface area contributed by atoms with Gasteiger partial charge >= 0.3 is 0 Å². The van der Waals surface area contributed by atoms with Crippen molar-refractivity contribution < 1.29 is 4.74 Å². The Balaban J connectivity index is 1.58. The quantitative estimate of drug-likeness (QED) is 0.454. The molecule has 1 aliphatic heterocycles. The number of hydrogen-bond acceptors (Lipinski definition) is 6. The van der Waals surface area contributed by atoms with Gasteiger partial charge in [0.1, 0.15) is 11.8 Å². The van der Waals surface area contributed by atoms with Crippen molar-refractivity contribution in [2.24, 2.45) is 0 Å². The van der Waals surface area contributed by atoms with Crippen molar-refractivity contribution in [3.63, 3.8) is 0 Å². The average Bonchev–Trinajstić information content (AvgIpc) is 3.33. The van der Waals surface area contributed by atoms with Crippen LogP contribution >= 0.6 is 0 Å². The molecule has 1 aliphatic rings. The molecule has 0 radical (unpaired) electrons. The molecule has 1 atom stereocenters. The molecule has 0 saturated carbocycles. The molecule has 1 N–H and O–H groups in total. The molecule has 0 aliphatic carbocycles. The number of aromatic amines is 1. The Morgan fingerprint density at radius 3 is 2.53 bits per heavy atom. The third kappa shape index (κ3) is 4.46. The molecular formula is C26H30N6O2. The molecule has 2 aromatic carbocycles. The smallest absolute Gasteiger partial charge is 0.253 e. The van der Waals surface area contributed by atoms with Crippen LogP contribution in [0.5, 0.6) is 5.75 Å². The van der Waals surface area contributed by atoms with Crippen molar-refractivity contribution in [3.05, 3.63) is 81.4 Å². The van der Waals surface area contributed by atoms with Crippen LogP contribution in [0.3, 0.4) is 0 Å². The van der Waals surface area contributed by atoms with Crippen LogP contribution in [0.1, 0.15) is 54.7 Å². The Kier molecular flexibility index (Phi) is 6.40. The molecular weight excluding hydrogens is 428 g/mol. The van der Waals surface area contributed by atoms with Gasteiger partial charge in [-0.05, 0) is 89.6 Å². The predicted octanol–water partition coefficient (Wildman–Crippen LogP) is 3.71. The van der Waals surface area contributed by atoms with Gasteiger partial charge in [-0.25, -0.2) is 4.68 Å². The lowest BCUT2D eigenvalue weighted by Gasteiger charge is -2.33. The first-order chi connectivity index (χ1) is 16.7. The first-order valence-corrected chi connectivity index (χ1v) is 11.9. The molecule has 8 heteroatoms. The van der Waals surface area contributed by atoms with E-state index in [1.54, 1.807) is 7.11 Å². The number of H-pyrrole nitrogens is 1. The van der Waals surface area contributed by atoms with Crippen LogP contribution in [0.2, 0.25) is 0 Å². The lowest BCUT2D eigenvalue weighted by atomic mass is 9.99. The summed E-state index contributed by atoms with van der Waals surface area (Å²) in [4.78, 5) is 18.8. The highest BCUT2D eigenvalue weighted by Gasteiger charge is 2.31. The molecule has 0 amide bonds. The zero-order valence-electron chi connectivity index (χ0n) is 19.7. The van der Waals surface area contributed by atoms with Crippen molar-refractivity contribution in [2.45, 2.75) is 45.2 Å². The van der Waals surface area contributed by atoms with E-state index in [0.29, 0.717) is 17.9 Å². The number of pyridine rings is 1. The number of aromatic nitrogens is 5. The van der Waals surface area contributed by atoms with Crippen LogP contribution in [-0.4, -0.2) is 50.3 Å². The van der Waals surface area contributed by atoms with Crippen molar-refractivity contribution in [2.75, 3.05) is 20.2 Å². The molecule has 176 valence electrons. The molecule has 5 rings (SSSR count). The maximum Gasteiger partial charge on any atom is 0.253 e. The predicted molar refractivity (Wildman–Crippen MR) is 131 cm³/mol. The molecule has 4 aromatic rings. The minimum Gasteiger partial charge on any atom is -0.497 e. The highest BCUT2D eigenvalue weighted by atomic mass is 16.5. The lowest BCUT2D eigenvalue weighted by molar-refractivity contribution is 0.177. The third-order valence-electron chi connectivity index (χ3n) is 6.69. The SMILES string of the molecule is CCc1ccc2[nH]c(=O)c([C@H](c3nnnn3Cc3ccc(OC)cc3)N3CCCCC3)cc2c1. The molecule has 0 unspecified atom stereocenters. The summed E-state index contributed by atoms with van der Waals surface area (Å²) in [5, 5.41) is 13.8. The van der Waals surface area contributed by atoms with Gasteiger partial charge in [-0.1, -0.05) is 31.5 Å². The summed E-state index contributed by atoms with van der Waals surface area (Å²) in [6.45, 7) is 4.47. The monoisotopic (exact) mass is 458 g/mol. The number of likely N-dealkylation sites (tertiary alicyclic amines) is 1.